The number of carbonyl (C=O) groups excluding carboxylic acids is 2. The number of hydrazone groups is 1. The molecule has 0 heterocycles. The third-order valence-electron chi connectivity index (χ3n) is 4.53. The predicted molar refractivity (Wildman–Crippen MR) is 129 cm³/mol. The van der Waals surface area contributed by atoms with Crippen molar-refractivity contribution in [1.82, 2.24) is 5.43 Å². The molecular weight excluding hydrogens is 506 g/mol. The van der Waals surface area contributed by atoms with E-state index in [1.54, 1.807) is 24.3 Å². The van der Waals surface area contributed by atoms with Gasteiger partial charge in [-0.25, -0.2) is 10.2 Å². The Kier molecular flexibility index (Phi) is 8.10. The largest absolute Gasteiger partial charge is 0.482 e. The Morgan fingerprint density at radius 3 is 2.38 bits per heavy atom. The van der Waals surface area contributed by atoms with Crippen LogP contribution in [0.4, 0.5) is 5.69 Å². The Morgan fingerprint density at radius 1 is 1.09 bits per heavy atom. The number of hydrogen-bond acceptors (Lipinski definition) is 7. The molecule has 0 bridgehead atoms. The van der Waals surface area contributed by atoms with E-state index in [4.69, 9.17) is 9.47 Å². The van der Waals surface area contributed by atoms with Crippen LogP contribution in [0.3, 0.4) is 0 Å². The van der Waals surface area contributed by atoms with Crippen molar-refractivity contribution in [2.75, 3.05) is 6.61 Å². The zero-order valence-corrected chi connectivity index (χ0v) is 19.9. The molecule has 0 unspecified atom stereocenters. The molecule has 3 aromatic carbocycles. The van der Waals surface area contributed by atoms with Gasteiger partial charge in [-0.3, -0.25) is 14.9 Å². The molecule has 10 heteroatoms. The lowest BCUT2D eigenvalue weighted by Crippen LogP contribution is -2.24. The normalized spacial score (nSPS) is 10.7. The van der Waals surface area contributed by atoms with Gasteiger partial charge in [-0.1, -0.05) is 6.07 Å². The minimum atomic E-state index is -0.640. The van der Waals surface area contributed by atoms with Crippen molar-refractivity contribution < 1.29 is 24.0 Å². The van der Waals surface area contributed by atoms with E-state index in [0.29, 0.717) is 11.3 Å². The van der Waals surface area contributed by atoms with Crippen molar-refractivity contribution in [1.29, 1.82) is 0 Å². The average Bonchev–Trinajstić information content (AvgIpc) is 2.79. The summed E-state index contributed by atoms with van der Waals surface area (Å²) < 4.78 is 11.6. The minimum Gasteiger partial charge on any atom is -0.482 e. The van der Waals surface area contributed by atoms with E-state index >= 15 is 0 Å². The molecule has 0 aliphatic heterocycles. The fourth-order valence-electron chi connectivity index (χ4n) is 2.94. The second kappa shape index (κ2) is 11.2. The number of amides is 1. The van der Waals surface area contributed by atoms with Gasteiger partial charge in [-0.2, -0.15) is 5.10 Å². The first-order valence-corrected chi connectivity index (χ1v) is 10.8. The monoisotopic (exact) mass is 525 g/mol. The van der Waals surface area contributed by atoms with Crippen LogP contribution in [0.2, 0.25) is 0 Å². The number of hydrogen-bond donors (Lipinski definition) is 1. The van der Waals surface area contributed by atoms with Gasteiger partial charge >= 0.3 is 5.97 Å². The van der Waals surface area contributed by atoms with Gasteiger partial charge in [-0.05, 0) is 88.9 Å². The summed E-state index contributed by atoms with van der Waals surface area (Å²) in [6.45, 7) is 3.67. The topological polar surface area (TPSA) is 120 Å². The van der Waals surface area contributed by atoms with Crippen molar-refractivity contribution in [2.24, 2.45) is 5.10 Å². The van der Waals surface area contributed by atoms with E-state index in [0.717, 1.165) is 15.6 Å². The molecule has 174 valence electrons. The van der Waals surface area contributed by atoms with Gasteiger partial charge in [0, 0.05) is 12.1 Å². The predicted octanol–water partition coefficient (Wildman–Crippen LogP) is 4.72. The van der Waals surface area contributed by atoms with Crippen molar-refractivity contribution in [2.45, 2.75) is 13.8 Å². The SMILES string of the molecule is Cc1cc(C)c(OCC(=O)NN=Cc2ccc(OC(=O)c3ccc([N+](=O)[O-])cc3)cc2)c(Br)c1. The highest BCUT2D eigenvalue weighted by molar-refractivity contribution is 9.10. The third-order valence-corrected chi connectivity index (χ3v) is 5.12. The molecule has 0 atom stereocenters. The van der Waals surface area contributed by atoms with Gasteiger partial charge in [0.25, 0.3) is 11.6 Å². The van der Waals surface area contributed by atoms with E-state index in [9.17, 15) is 19.7 Å². The van der Waals surface area contributed by atoms with Crippen LogP contribution in [0, 0.1) is 24.0 Å². The van der Waals surface area contributed by atoms with E-state index in [1.807, 2.05) is 26.0 Å². The molecule has 0 saturated carbocycles. The van der Waals surface area contributed by atoms with Crippen molar-refractivity contribution >= 4 is 39.7 Å². The van der Waals surface area contributed by atoms with Crippen LogP contribution in [0.5, 0.6) is 11.5 Å². The Labute approximate surface area is 203 Å². The minimum absolute atomic E-state index is 0.114. The van der Waals surface area contributed by atoms with E-state index in [1.165, 1.54) is 30.5 Å². The number of nitrogens with one attached hydrogen (secondary N) is 1. The van der Waals surface area contributed by atoms with E-state index in [-0.39, 0.29) is 23.6 Å². The van der Waals surface area contributed by atoms with Gasteiger partial charge < -0.3 is 9.47 Å². The van der Waals surface area contributed by atoms with Crippen LogP contribution in [0.15, 0.2) is 70.2 Å². The number of benzene rings is 3. The summed E-state index contributed by atoms with van der Waals surface area (Å²) in [6, 6.07) is 15.4. The molecule has 1 amide bonds. The summed E-state index contributed by atoms with van der Waals surface area (Å²) >= 11 is 3.43. The molecule has 0 aliphatic carbocycles. The van der Waals surface area contributed by atoms with Crippen LogP contribution in [0.25, 0.3) is 0 Å². The Balaban J connectivity index is 1.49. The maximum atomic E-state index is 12.2. The fraction of sp³-hybridized carbons (Fsp3) is 0.125. The number of aryl methyl sites for hydroxylation is 2. The van der Waals surface area contributed by atoms with Gasteiger partial charge in [0.2, 0.25) is 0 Å². The molecule has 34 heavy (non-hydrogen) atoms. The number of nitro benzene ring substituents is 1. The number of ether oxygens (including phenoxy) is 2. The van der Waals surface area contributed by atoms with Crippen molar-refractivity contribution in [3.05, 3.63) is 97.5 Å². The number of halogens is 1. The number of nitro groups is 1. The molecular formula is C24H20BrN3O6. The lowest BCUT2D eigenvalue weighted by molar-refractivity contribution is -0.384. The lowest BCUT2D eigenvalue weighted by Gasteiger charge is -2.11. The molecule has 0 radical (unpaired) electrons. The van der Waals surface area contributed by atoms with Crippen LogP contribution in [-0.4, -0.2) is 29.6 Å². The first-order valence-electron chi connectivity index (χ1n) is 10.0. The average molecular weight is 526 g/mol. The highest BCUT2D eigenvalue weighted by Crippen LogP contribution is 2.30. The maximum absolute atomic E-state index is 12.2. The molecule has 0 aromatic heterocycles. The number of carbonyl (C=O) groups is 2. The number of nitrogens with zero attached hydrogens (tertiary/aromatic N) is 2. The quantitative estimate of drug-likeness (QED) is 0.149. The van der Waals surface area contributed by atoms with E-state index in [2.05, 4.69) is 26.5 Å². The number of non-ortho nitro benzene ring substituents is 1. The van der Waals surface area contributed by atoms with Gasteiger partial charge in [0.05, 0.1) is 21.2 Å². The van der Waals surface area contributed by atoms with Crippen LogP contribution < -0.4 is 14.9 Å². The molecule has 0 saturated heterocycles. The lowest BCUT2D eigenvalue weighted by atomic mass is 10.1. The summed E-state index contributed by atoms with van der Waals surface area (Å²) in [4.78, 5) is 34.3. The second-order valence-corrected chi connectivity index (χ2v) is 8.09. The first kappa shape index (κ1) is 24.6. The summed E-state index contributed by atoms with van der Waals surface area (Å²) in [6.07, 6.45) is 1.44. The van der Waals surface area contributed by atoms with Gasteiger partial charge in [0.15, 0.2) is 6.61 Å². The summed E-state index contributed by atoms with van der Waals surface area (Å²) in [7, 11) is 0. The smallest absolute Gasteiger partial charge is 0.343 e. The van der Waals surface area contributed by atoms with Crippen molar-refractivity contribution in [3.8, 4) is 11.5 Å². The molecule has 0 spiro atoms. The summed E-state index contributed by atoms with van der Waals surface area (Å²) in [5.74, 6) is -0.170. The van der Waals surface area contributed by atoms with Crippen LogP contribution >= 0.6 is 15.9 Å². The summed E-state index contributed by atoms with van der Waals surface area (Å²) in [5, 5.41) is 14.6. The second-order valence-electron chi connectivity index (χ2n) is 7.24. The highest BCUT2D eigenvalue weighted by atomic mass is 79.9. The first-order chi connectivity index (χ1) is 16.2. The standard InChI is InChI=1S/C24H20BrN3O6/c1-15-11-16(2)23(21(25)12-15)33-14-22(29)27-26-13-17-3-9-20(10-4-17)34-24(30)18-5-7-19(8-6-18)28(31)32/h3-13H,14H2,1-2H3,(H,27,29). The van der Waals surface area contributed by atoms with Crippen LogP contribution in [-0.2, 0) is 4.79 Å². The summed E-state index contributed by atoms with van der Waals surface area (Å²) in [5.41, 5.74) is 5.12. The van der Waals surface area contributed by atoms with Crippen molar-refractivity contribution in [3.63, 3.8) is 0 Å². The Hall–Kier alpha value is -4.05. The van der Waals surface area contributed by atoms with Gasteiger partial charge in [0.1, 0.15) is 11.5 Å². The highest BCUT2D eigenvalue weighted by Gasteiger charge is 2.12. The van der Waals surface area contributed by atoms with Crippen LogP contribution in [0.1, 0.15) is 27.0 Å². The molecule has 9 nitrogen and oxygen atoms in total. The molecule has 0 aliphatic rings. The molecule has 1 N–H and O–H groups in total. The zero-order valence-electron chi connectivity index (χ0n) is 18.3. The fourth-order valence-corrected chi connectivity index (χ4v) is 3.73. The maximum Gasteiger partial charge on any atom is 0.343 e. The van der Waals surface area contributed by atoms with E-state index < -0.39 is 16.8 Å². The van der Waals surface area contributed by atoms with Gasteiger partial charge in [-0.15, -0.1) is 0 Å². The molecule has 0 fully saturated rings. The number of rotatable bonds is 8. The Morgan fingerprint density at radius 2 is 1.76 bits per heavy atom. The molecule has 3 rings (SSSR count). The zero-order chi connectivity index (χ0) is 24.7. The number of esters is 1. The molecule has 3 aromatic rings. The third kappa shape index (κ3) is 6.72. The Bertz CT molecular complexity index is 1220.